The quantitative estimate of drug-likeness (QED) is 0.621. The fourth-order valence-corrected chi connectivity index (χ4v) is 0.674. The first-order chi connectivity index (χ1) is 5.33. The summed E-state index contributed by atoms with van der Waals surface area (Å²) < 4.78 is 4.97. The van der Waals surface area contributed by atoms with Gasteiger partial charge in [-0.2, -0.15) is 0 Å². The molecule has 0 fully saturated rings. The van der Waals surface area contributed by atoms with Crippen LogP contribution in [-0.4, -0.2) is 7.11 Å². The van der Waals surface area contributed by atoms with Gasteiger partial charge >= 0.3 is 0 Å². The zero-order valence-electron chi connectivity index (χ0n) is 7.72. The van der Waals surface area contributed by atoms with Crippen molar-refractivity contribution in [1.82, 2.24) is 0 Å². The standard InChI is InChI=1S/C8H10O.C2H6.CH4/c1-7-3-5-8(9-2)6-4-7;1-2;/h3-6H,1-2H3;1-2H3;1H4. The third-order valence-corrected chi connectivity index (χ3v) is 1.26. The number of methoxy groups -OCH3 is 1. The number of hydrogen-bond donors (Lipinski definition) is 0. The Morgan fingerprint density at radius 1 is 1.00 bits per heavy atom. The van der Waals surface area contributed by atoms with Crippen molar-refractivity contribution in [2.24, 2.45) is 0 Å². The van der Waals surface area contributed by atoms with Crippen LogP contribution < -0.4 is 4.74 Å². The number of benzene rings is 1. The van der Waals surface area contributed by atoms with Crippen LogP contribution in [-0.2, 0) is 0 Å². The topological polar surface area (TPSA) is 9.23 Å². The van der Waals surface area contributed by atoms with Crippen LogP contribution in [0.3, 0.4) is 0 Å². The van der Waals surface area contributed by atoms with Crippen LogP contribution in [0.5, 0.6) is 5.75 Å². The first-order valence-electron chi connectivity index (χ1n) is 3.93. The highest BCUT2D eigenvalue weighted by molar-refractivity contribution is 5.25. The van der Waals surface area contributed by atoms with Crippen molar-refractivity contribution in [1.29, 1.82) is 0 Å². The van der Waals surface area contributed by atoms with Crippen molar-refractivity contribution < 1.29 is 4.74 Å². The van der Waals surface area contributed by atoms with Gasteiger partial charge in [0.2, 0.25) is 0 Å². The zero-order chi connectivity index (χ0) is 8.69. The van der Waals surface area contributed by atoms with E-state index in [-0.39, 0.29) is 7.43 Å². The maximum absolute atomic E-state index is 4.97. The molecule has 0 aliphatic heterocycles. The van der Waals surface area contributed by atoms with Gasteiger partial charge in [-0.15, -0.1) is 0 Å². The third kappa shape index (κ3) is 4.78. The molecule has 0 aliphatic carbocycles. The van der Waals surface area contributed by atoms with E-state index in [2.05, 4.69) is 6.92 Å². The van der Waals surface area contributed by atoms with Crippen LogP contribution in [0.2, 0.25) is 0 Å². The average molecular weight is 168 g/mol. The number of rotatable bonds is 1. The Hall–Kier alpha value is -0.980. The summed E-state index contributed by atoms with van der Waals surface area (Å²) in [6, 6.07) is 7.96. The third-order valence-electron chi connectivity index (χ3n) is 1.26. The summed E-state index contributed by atoms with van der Waals surface area (Å²) in [6.07, 6.45) is 0. The van der Waals surface area contributed by atoms with E-state index in [0.29, 0.717) is 0 Å². The Balaban J connectivity index is 0. The van der Waals surface area contributed by atoms with E-state index in [1.165, 1.54) is 5.56 Å². The van der Waals surface area contributed by atoms with Crippen molar-refractivity contribution >= 4 is 0 Å². The van der Waals surface area contributed by atoms with Crippen molar-refractivity contribution in [3.63, 3.8) is 0 Å². The van der Waals surface area contributed by atoms with E-state index in [4.69, 9.17) is 4.74 Å². The maximum atomic E-state index is 4.97. The van der Waals surface area contributed by atoms with Gasteiger partial charge in [-0.1, -0.05) is 39.0 Å². The normalized spacial score (nSPS) is 7.33. The minimum Gasteiger partial charge on any atom is -0.497 e. The highest BCUT2D eigenvalue weighted by Crippen LogP contribution is 2.09. The smallest absolute Gasteiger partial charge is 0.118 e. The van der Waals surface area contributed by atoms with E-state index in [1.54, 1.807) is 7.11 Å². The molecule has 0 amide bonds. The van der Waals surface area contributed by atoms with Gasteiger partial charge < -0.3 is 4.74 Å². The van der Waals surface area contributed by atoms with E-state index in [9.17, 15) is 0 Å². The van der Waals surface area contributed by atoms with E-state index in [1.807, 2.05) is 38.1 Å². The second-order valence-electron chi connectivity index (χ2n) is 2.02. The lowest BCUT2D eigenvalue weighted by Gasteiger charge is -1.97. The molecule has 0 aliphatic rings. The molecule has 0 spiro atoms. The minimum atomic E-state index is 0. The molecule has 1 rings (SSSR count). The lowest BCUT2D eigenvalue weighted by molar-refractivity contribution is 0.414. The summed E-state index contributed by atoms with van der Waals surface area (Å²) in [4.78, 5) is 0. The van der Waals surface area contributed by atoms with Crippen LogP contribution in [0, 0.1) is 6.92 Å². The van der Waals surface area contributed by atoms with Crippen LogP contribution in [0.15, 0.2) is 24.3 Å². The molecule has 1 aromatic rings. The molecule has 1 nitrogen and oxygen atoms in total. The highest BCUT2D eigenvalue weighted by atomic mass is 16.5. The second-order valence-corrected chi connectivity index (χ2v) is 2.02. The summed E-state index contributed by atoms with van der Waals surface area (Å²) in [6.45, 7) is 6.06. The zero-order valence-corrected chi connectivity index (χ0v) is 7.72. The first-order valence-corrected chi connectivity index (χ1v) is 3.93. The average Bonchev–Trinajstić information content (AvgIpc) is 2.10. The summed E-state index contributed by atoms with van der Waals surface area (Å²) in [5.41, 5.74) is 1.26. The van der Waals surface area contributed by atoms with Gasteiger partial charge in [-0.25, -0.2) is 0 Å². The first kappa shape index (κ1) is 13.6. The molecular formula is C11H20O. The van der Waals surface area contributed by atoms with Gasteiger partial charge in [0.15, 0.2) is 0 Å². The van der Waals surface area contributed by atoms with Gasteiger partial charge in [0.05, 0.1) is 7.11 Å². The Kier molecular flexibility index (Phi) is 9.20. The highest BCUT2D eigenvalue weighted by Gasteiger charge is 1.85. The number of aryl methyl sites for hydroxylation is 1. The van der Waals surface area contributed by atoms with Crippen LogP contribution in [0.4, 0.5) is 0 Å². The lowest BCUT2D eigenvalue weighted by Crippen LogP contribution is -1.80. The molecule has 0 atom stereocenters. The predicted molar refractivity (Wildman–Crippen MR) is 55.8 cm³/mol. The van der Waals surface area contributed by atoms with E-state index in [0.717, 1.165) is 5.75 Å². The van der Waals surface area contributed by atoms with Crippen molar-refractivity contribution in [2.75, 3.05) is 7.11 Å². The van der Waals surface area contributed by atoms with Crippen LogP contribution in [0.25, 0.3) is 0 Å². The fourth-order valence-electron chi connectivity index (χ4n) is 0.674. The molecule has 0 N–H and O–H groups in total. The Morgan fingerprint density at radius 2 is 1.42 bits per heavy atom. The molecule has 0 unspecified atom stereocenters. The van der Waals surface area contributed by atoms with Gasteiger partial charge in [-0.3, -0.25) is 0 Å². The number of hydrogen-bond acceptors (Lipinski definition) is 1. The summed E-state index contributed by atoms with van der Waals surface area (Å²) in [5.74, 6) is 0.917. The SMILES string of the molecule is C.CC.COc1ccc(C)cc1. The monoisotopic (exact) mass is 168 g/mol. The van der Waals surface area contributed by atoms with E-state index < -0.39 is 0 Å². The Labute approximate surface area is 76.4 Å². The molecule has 12 heavy (non-hydrogen) atoms. The second kappa shape index (κ2) is 8.12. The van der Waals surface area contributed by atoms with Crippen molar-refractivity contribution in [3.8, 4) is 5.75 Å². The van der Waals surface area contributed by atoms with Crippen LogP contribution in [0.1, 0.15) is 26.8 Å². The molecule has 0 saturated carbocycles. The molecule has 70 valence electrons. The maximum Gasteiger partial charge on any atom is 0.118 e. The van der Waals surface area contributed by atoms with Gasteiger partial charge in [0.25, 0.3) is 0 Å². The Bertz CT molecular complexity index is 177. The lowest BCUT2D eigenvalue weighted by atomic mass is 10.2. The van der Waals surface area contributed by atoms with Crippen LogP contribution >= 0.6 is 0 Å². The number of ether oxygens (including phenoxy) is 1. The largest absolute Gasteiger partial charge is 0.497 e. The molecule has 0 saturated heterocycles. The molecule has 0 heterocycles. The summed E-state index contributed by atoms with van der Waals surface area (Å²) in [7, 11) is 1.67. The molecular weight excluding hydrogens is 148 g/mol. The summed E-state index contributed by atoms with van der Waals surface area (Å²) >= 11 is 0. The minimum absolute atomic E-state index is 0. The molecule has 0 radical (unpaired) electrons. The summed E-state index contributed by atoms with van der Waals surface area (Å²) in [5, 5.41) is 0. The molecule has 0 bridgehead atoms. The predicted octanol–water partition coefficient (Wildman–Crippen LogP) is 3.67. The molecule has 1 heteroatoms. The van der Waals surface area contributed by atoms with Crippen molar-refractivity contribution in [3.05, 3.63) is 29.8 Å². The molecule has 0 aromatic heterocycles. The van der Waals surface area contributed by atoms with Crippen molar-refractivity contribution in [2.45, 2.75) is 28.2 Å². The van der Waals surface area contributed by atoms with Gasteiger partial charge in [0.1, 0.15) is 5.75 Å². The van der Waals surface area contributed by atoms with Gasteiger partial charge in [0, 0.05) is 0 Å². The van der Waals surface area contributed by atoms with Gasteiger partial charge in [-0.05, 0) is 19.1 Å². The van der Waals surface area contributed by atoms with E-state index >= 15 is 0 Å². The molecule has 1 aromatic carbocycles. The fraction of sp³-hybridized carbons (Fsp3) is 0.455. The Morgan fingerprint density at radius 3 is 1.75 bits per heavy atom.